The fraction of sp³-hybridized carbons (Fsp3) is 0.370. The Morgan fingerprint density at radius 3 is 2.58 bits per heavy atom. The molecule has 4 aromatic rings. The lowest BCUT2D eigenvalue weighted by Gasteiger charge is -2.45. The first-order valence-electron chi connectivity index (χ1n) is 12.6. The number of nitrogens with two attached hydrogens (primary N) is 1. The summed E-state index contributed by atoms with van der Waals surface area (Å²) in [6, 6.07) is 11.3. The van der Waals surface area contributed by atoms with E-state index in [0.717, 1.165) is 17.7 Å². The van der Waals surface area contributed by atoms with Gasteiger partial charge in [0.1, 0.15) is 5.69 Å². The molecule has 0 radical (unpaired) electrons. The number of nitrogens with zero attached hydrogens (tertiary/aromatic N) is 6. The summed E-state index contributed by atoms with van der Waals surface area (Å²) in [4.78, 5) is 25.9. The van der Waals surface area contributed by atoms with E-state index in [-0.39, 0.29) is 29.0 Å². The quantitative estimate of drug-likeness (QED) is 0.353. The van der Waals surface area contributed by atoms with E-state index < -0.39 is 12.0 Å². The van der Waals surface area contributed by atoms with Gasteiger partial charge in [-0.1, -0.05) is 51.1 Å². The van der Waals surface area contributed by atoms with Crippen LogP contribution in [0.1, 0.15) is 44.5 Å². The molecule has 0 bridgehead atoms. The number of anilines is 1. The normalized spacial score (nSPS) is 19.7. The summed E-state index contributed by atoms with van der Waals surface area (Å²) < 4.78 is 3.36. The van der Waals surface area contributed by atoms with Gasteiger partial charge in [0.05, 0.1) is 40.9 Å². The van der Waals surface area contributed by atoms with Gasteiger partial charge in [-0.15, -0.1) is 5.10 Å². The van der Waals surface area contributed by atoms with Crippen LogP contribution in [-0.2, 0) is 0 Å². The summed E-state index contributed by atoms with van der Waals surface area (Å²) in [5, 5.41) is 26.4. The predicted molar refractivity (Wildman–Crippen MR) is 143 cm³/mol. The molecule has 4 N–H and O–H groups in total. The van der Waals surface area contributed by atoms with E-state index >= 15 is 0 Å². The van der Waals surface area contributed by atoms with Gasteiger partial charge in [0.2, 0.25) is 0 Å². The average Bonchev–Trinajstić information content (AvgIpc) is 3.61. The number of nitrogens with one attached hydrogen (secondary N) is 1. The lowest BCUT2D eigenvalue weighted by atomic mass is 9.62. The molecule has 5 rings (SSSR count). The summed E-state index contributed by atoms with van der Waals surface area (Å²) in [6.45, 7) is 9.12. The van der Waals surface area contributed by atoms with Crippen molar-refractivity contribution in [3.63, 3.8) is 0 Å². The van der Waals surface area contributed by atoms with Crippen molar-refractivity contribution in [3.8, 4) is 16.9 Å². The zero-order chi connectivity index (χ0) is 27.2. The number of carbonyl (C=O) groups excluding carboxylic acids is 1. The average molecular weight is 517 g/mol. The molecule has 0 aliphatic carbocycles. The van der Waals surface area contributed by atoms with Crippen LogP contribution in [-0.4, -0.2) is 65.7 Å². The van der Waals surface area contributed by atoms with Crippen molar-refractivity contribution in [1.29, 1.82) is 0 Å². The Kier molecular flexibility index (Phi) is 6.09. The molecule has 2 atom stereocenters. The van der Waals surface area contributed by atoms with Crippen molar-refractivity contribution >= 4 is 23.2 Å². The number of amides is 2. The lowest BCUT2D eigenvalue weighted by Crippen LogP contribution is -2.48. The highest BCUT2D eigenvalue weighted by molar-refractivity contribution is 6.02. The van der Waals surface area contributed by atoms with Crippen LogP contribution in [0.25, 0.3) is 22.5 Å². The number of primary amides is 1. The van der Waals surface area contributed by atoms with Crippen LogP contribution >= 0.6 is 0 Å². The van der Waals surface area contributed by atoms with Crippen LogP contribution in [0.5, 0.6) is 0 Å². The van der Waals surface area contributed by atoms with E-state index in [1.807, 2.05) is 48.8 Å². The molecule has 1 aliphatic rings. The molecule has 1 aromatic carbocycles. The van der Waals surface area contributed by atoms with Crippen molar-refractivity contribution in [3.05, 3.63) is 60.6 Å². The van der Waals surface area contributed by atoms with Crippen molar-refractivity contribution < 1.29 is 14.7 Å². The fourth-order valence-corrected chi connectivity index (χ4v) is 5.70. The van der Waals surface area contributed by atoms with Gasteiger partial charge in [0, 0.05) is 30.3 Å². The van der Waals surface area contributed by atoms with Gasteiger partial charge in [-0.2, -0.15) is 5.10 Å². The van der Waals surface area contributed by atoms with Crippen LogP contribution in [0.4, 0.5) is 10.5 Å². The largest absolute Gasteiger partial charge is 0.465 e. The van der Waals surface area contributed by atoms with Gasteiger partial charge in [0.15, 0.2) is 0 Å². The number of benzene rings is 1. The van der Waals surface area contributed by atoms with Gasteiger partial charge in [-0.3, -0.25) is 4.79 Å². The van der Waals surface area contributed by atoms with E-state index in [1.54, 1.807) is 9.20 Å². The highest BCUT2D eigenvalue weighted by atomic mass is 16.4. The molecule has 38 heavy (non-hydrogen) atoms. The number of likely N-dealkylation sites (tertiary alicyclic amines) is 1. The smallest absolute Gasteiger partial charge is 0.407 e. The van der Waals surface area contributed by atoms with Gasteiger partial charge in [0.25, 0.3) is 5.91 Å². The van der Waals surface area contributed by atoms with E-state index in [0.29, 0.717) is 23.4 Å². The first-order valence-corrected chi connectivity index (χ1v) is 12.6. The first kappa shape index (κ1) is 25.2. The summed E-state index contributed by atoms with van der Waals surface area (Å²) in [7, 11) is 0. The molecule has 0 unspecified atom stereocenters. The Bertz CT molecular complexity index is 1500. The van der Waals surface area contributed by atoms with Crippen LogP contribution in [0.15, 0.2) is 55.0 Å². The predicted octanol–water partition coefficient (Wildman–Crippen LogP) is 3.90. The highest BCUT2D eigenvalue weighted by Crippen LogP contribution is 2.50. The third-order valence-electron chi connectivity index (χ3n) is 7.97. The van der Waals surface area contributed by atoms with Crippen LogP contribution in [0.2, 0.25) is 0 Å². The molecule has 1 fully saturated rings. The minimum absolute atomic E-state index is 0.219. The van der Waals surface area contributed by atoms with Crippen molar-refractivity contribution in [2.75, 3.05) is 18.4 Å². The Morgan fingerprint density at radius 1 is 1.21 bits per heavy atom. The topological polar surface area (TPSA) is 144 Å². The molecule has 11 heteroatoms. The SMILES string of the molecule is CC[C@@]1(C(C)(C)C)CN(C(=O)O)C[C@H]1Nc1c(C(N)=O)cnn2cc(-c3cn(-c4ccccc4)nn3)cc12. The third kappa shape index (κ3) is 4.13. The maximum atomic E-state index is 12.5. The molecule has 11 nitrogen and oxygen atoms in total. The minimum atomic E-state index is -0.960. The maximum absolute atomic E-state index is 12.5. The van der Waals surface area contributed by atoms with Crippen LogP contribution < -0.4 is 11.1 Å². The van der Waals surface area contributed by atoms with Crippen molar-refractivity contribution in [2.24, 2.45) is 16.6 Å². The number of carbonyl (C=O) groups is 2. The summed E-state index contributed by atoms with van der Waals surface area (Å²) in [5.74, 6) is -0.619. The number of hydrogen-bond acceptors (Lipinski definition) is 6. The summed E-state index contributed by atoms with van der Waals surface area (Å²) in [6.07, 6.45) is 4.88. The lowest BCUT2D eigenvalue weighted by molar-refractivity contribution is 0.0771. The van der Waals surface area contributed by atoms with Gasteiger partial charge in [-0.25, -0.2) is 14.0 Å². The molecule has 2 amide bonds. The van der Waals surface area contributed by atoms with Gasteiger partial charge >= 0.3 is 6.09 Å². The Labute approximate surface area is 220 Å². The second kappa shape index (κ2) is 9.16. The van der Waals surface area contributed by atoms with E-state index in [2.05, 4.69) is 48.4 Å². The highest BCUT2D eigenvalue weighted by Gasteiger charge is 2.54. The zero-order valence-electron chi connectivity index (χ0n) is 21.9. The molecule has 0 saturated carbocycles. The molecule has 4 heterocycles. The standard InChI is InChI=1S/C27H32N8O3/c1-5-27(26(2,3)4)16-33(25(37)38)15-22(27)30-23-19(24(28)36)12-29-35-13-17(11-21(23)35)20-14-34(32-31-20)18-9-7-6-8-10-18/h6-14,22,30H,5,15-16H2,1-4H3,(H2,28,36)(H,37,38)/t22-,27-/m1/s1. The molecular weight excluding hydrogens is 484 g/mol. The van der Waals surface area contributed by atoms with E-state index in [9.17, 15) is 14.7 Å². The Hall–Kier alpha value is -4.41. The van der Waals surface area contributed by atoms with Crippen molar-refractivity contribution in [1.82, 2.24) is 29.5 Å². The van der Waals surface area contributed by atoms with E-state index in [1.165, 1.54) is 11.1 Å². The molecular formula is C27H32N8O3. The monoisotopic (exact) mass is 516 g/mol. The number of hydrogen-bond donors (Lipinski definition) is 3. The third-order valence-corrected chi connectivity index (χ3v) is 7.97. The molecule has 198 valence electrons. The van der Waals surface area contributed by atoms with Gasteiger partial charge in [-0.05, 0) is 30.0 Å². The number of aromatic nitrogens is 5. The molecule has 3 aromatic heterocycles. The number of carboxylic acid groups (broad SMARTS) is 1. The fourth-order valence-electron chi connectivity index (χ4n) is 5.70. The zero-order valence-corrected chi connectivity index (χ0v) is 21.9. The first-order chi connectivity index (χ1) is 18.0. The maximum Gasteiger partial charge on any atom is 0.407 e. The minimum Gasteiger partial charge on any atom is -0.465 e. The number of para-hydroxylation sites is 1. The van der Waals surface area contributed by atoms with E-state index in [4.69, 9.17) is 5.73 Å². The number of fused-ring (bicyclic) bond motifs is 1. The van der Waals surface area contributed by atoms with Gasteiger partial charge < -0.3 is 21.1 Å². The molecule has 1 aliphatic heterocycles. The summed E-state index contributed by atoms with van der Waals surface area (Å²) in [5.41, 5.74) is 8.85. The second-order valence-corrected chi connectivity index (χ2v) is 10.9. The Balaban J connectivity index is 1.59. The molecule has 0 spiro atoms. The second-order valence-electron chi connectivity index (χ2n) is 10.9. The summed E-state index contributed by atoms with van der Waals surface area (Å²) >= 11 is 0. The molecule has 1 saturated heterocycles. The number of rotatable bonds is 6. The van der Waals surface area contributed by atoms with Crippen LogP contribution in [0, 0.1) is 10.8 Å². The van der Waals surface area contributed by atoms with Crippen LogP contribution in [0.3, 0.4) is 0 Å². The Morgan fingerprint density at radius 2 is 1.95 bits per heavy atom. The van der Waals surface area contributed by atoms with Crippen molar-refractivity contribution in [2.45, 2.75) is 40.2 Å².